The van der Waals surface area contributed by atoms with Crippen molar-refractivity contribution in [3.63, 3.8) is 0 Å². The lowest BCUT2D eigenvalue weighted by Gasteiger charge is -2.22. The van der Waals surface area contributed by atoms with Crippen molar-refractivity contribution in [1.29, 1.82) is 0 Å². The average Bonchev–Trinajstić information content (AvgIpc) is 2.93. The van der Waals surface area contributed by atoms with Crippen LogP contribution in [0, 0.1) is 0 Å². The molecule has 0 atom stereocenters. The highest BCUT2D eigenvalue weighted by atomic mass is 35.5. The quantitative estimate of drug-likeness (QED) is 0.824. The summed E-state index contributed by atoms with van der Waals surface area (Å²) in [5.41, 5.74) is 2.06. The Kier molecular flexibility index (Phi) is 6.96. The zero-order valence-electron chi connectivity index (χ0n) is 15.7. The molecule has 2 aromatic carbocycles. The van der Waals surface area contributed by atoms with Gasteiger partial charge in [0, 0.05) is 32.7 Å². The predicted octanol–water partition coefficient (Wildman–Crippen LogP) is 3.50. The Morgan fingerprint density at radius 2 is 1.85 bits per heavy atom. The molecular formula is C21H26ClN3O2. The maximum Gasteiger partial charge on any atom is 0.241 e. The number of nitrogens with zero attached hydrogens (tertiary/aromatic N) is 2. The number of hydrogen-bond donors (Lipinski definition) is 1. The van der Waals surface area contributed by atoms with Crippen molar-refractivity contribution in [2.75, 3.05) is 45.2 Å². The molecular weight excluding hydrogens is 362 g/mol. The fourth-order valence-corrected chi connectivity index (χ4v) is 3.46. The zero-order valence-corrected chi connectivity index (χ0v) is 16.4. The van der Waals surface area contributed by atoms with Crippen LogP contribution in [0.2, 0.25) is 5.02 Å². The third-order valence-corrected chi connectivity index (χ3v) is 5.14. The highest BCUT2D eigenvalue weighted by Crippen LogP contribution is 2.20. The van der Waals surface area contributed by atoms with E-state index in [4.69, 9.17) is 16.3 Å². The molecule has 144 valence electrons. The number of para-hydroxylation sites is 1. The number of carbonyl (C=O) groups is 1. The molecule has 1 saturated heterocycles. The third-order valence-electron chi connectivity index (χ3n) is 4.81. The number of rotatable bonds is 6. The third kappa shape index (κ3) is 5.62. The van der Waals surface area contributed by atoms with E-state index in [1.165, 1.54) is 5.56 Å². The highest BCUT2D eigenvalue weighted by molar-refractivity contribution is 6.33. The first-order valence-electron chi connectivity index (χ1n) is 9.27. The summed E-state index contributed by atoms with van der Waals surface area (Å²) in [6.07, 6.45) is 0.980. The number of benzene rings is 2. The van der Waals surface area contributed by atoms with E-state index in [1.54, 1.807) is 7.11 Å². The normalized spacial score (nSPS) is 15.3. The first-order valence-corrected chi connectivity index (χ1v) is 9.65. The van der Waals surface area contributed by atoms with Crippen molar-refractivity contribution in [3.05, 3.63) is 59.1 Å². The van der Waals surface area contributed by atoms with Gasteiger partial charge < -0.3 is 15.0 Å². The number of methoxy groups -OCH3 is 1. The molecule has 6 heteroatoms. The molecule has 0 aromatic heterocycles. The minimum absolute atomic E-state index is 0.112. The minimum Gasteiger partial charge on any atom is -0.497 e. The summed E-state index contributed by atoms with van der Waals surface area (Å²) in [6, 6.07) is 15.7. The summed E-state index contributed by atoms with van der Waals surface area (Å²) in [4.78, 5) is 16.9. The Balaban J connectivity index is 1.48. The van der Waals surface area contributed by atoms with Gasteiger partial charge in [0.25, 0.3) is 0 Å². The van der Waals surface area contributed by atoms with Crippen LogP contribution in [0.1, 0.15) is 12.0 Å². The lowest BCUT2D eigenvalue weighted by Crippen LogP contribution is -2.38. The lowest BCUT2D eigenvalue weighted by atomic mass is 10.2. The number of amides is 1. The number of nitrogens with one attached hydrogen (secondary N) is 1. The van der Waals surface area contributed by atoms with Crippen molar-refractivity contribution in [3.8, 4) is 5.75 Å². The molecule has 3 rings (SSSR count). The number of carbonyl (C=O) groups excluding carboxylic acids is 1. The van der Waals surface area contributed by atoms with E-state index >= 15 is 0 Å². The molecule has 0 bridgehead atoms. The average molecular weight is 388 g/mol. The fourth-order valence-electron chi connectivity index (χ4n) is 3.25. The second-order valence-corrected chi connectivity index (χ2v) is 7.10. The molecule has 0 aliphatic carbocycles. The molecule has 1 aliphatic heterocycles. The fraction of sp³-hybridized carbons (Fsp3) is 0.381. The second kappa shape index (κ2) is 9.62. The highest BCUT2D eigenvalue weighted by Gasteiger charge is 2.19. The van der Waals surface area contributed by atoms with E-state index in [0.29, 0.717) is 5.02 Å². The van der Waals surface area contributed by atoms with Crippen molar-refractivity contribution in [2.45, 2.75) is 13.0 Å². The van der Waals surface area contributed by atoms with Crippen LogP contribution in [-0.4, -0.2) is 55.5 Å². The Labute approximate surface area is 165 Å². The standard InChI is InChI=1S/C21H26ClN3O2/c1-27-18-9-7-17(8-10-18)16-24-11-4-12-25(14-13-24)21(26)15-23-20-6-3-2-5-19(20)22/h2-3,5-10,23H,4,11-16H2,1H3. The second-order valence-electron chi connectivity index (χ2n) is 6.69. The van der Waals surface area contributed by atoms with Crippen LogP contribution in [0.3, 0.4) is 0 Å². The van der Waals surface area contributed by atoms with E-state index in [0.717, 1.165) is 50.6 Å². The van der Waals surface area contributed by atoms with Crippen LogP contribution in [0.5, 0.6) is 5.75 Å². The van der Waals surface area contributed by atoms with Crippen LogP contribution in [0.4, 0.5) is 5.69 Å². The molecule has 1 heterocycles. The number of hydrogen-bond acceptors (Lipinski definition) is 4. The van der Waals surface area contributed by atoms with Gasteiger partial charge >= 0.3 is 0 Å². The molecule has 0 unspecified atom stereocenters. The lowest BCUT2D eigenvalue weighted by molar-refractivity contribution is -0.129. The smallest absolute Gasteiger partial charge is 0.241 e. The number of anilines is 1. The summed E-state index contributed by atoms with van der Waals surface area (Å²) in [5.74, 6) is 0.985. The van der Waals surface area contributed by atoms with Gasteiger partial charge in [0.05, 0.1) is 24.4 Å². The number of halogens is 1. The maximum atomic E-state index is 12.6. The summed E-state index contributed by atoms with van der Waals surface area (Å²) < 4.78 is 5.21. The van der Waals surface area contributed by atoms with Crippen molar-refractivity contribution < 1.29 is 9.53 Å². The van der Waals surface area contributed by atoms with Crippen molar-refractivity contribution in [2.24, 2.45) is 0 Å². The van der Waals surface area contributed by atoms with Crippen LogP contribution in [0.15, 0.2) is 48.5 Å². The van der Waals surface area contributed by atoms with Crippen LogP contribution >= 0.6 is 11.6 Å². The molecule has 1 amide bonds. The van der Waals surface area contributed by atoms with Gasteiger partial charge in [-0.3, -0.25) is 9.69 Å². The molecule has 1 fully saturated rings. The van der Waals surface area contributed by atoms with Gasteiger partial charge in [-0.1, -0.05) is 35.9 Å². The van der Waals surface area contributed by atoms with Gasteiger partial charge in [-0.05, 0) is 36.2 Å². The summed E-state index contributed by atoms with van der Waals surface area (Å²) >= 11 is 6.13. The first-order chi connectivity index (χ1) is 13.2. The topological polar surface area (TPSA) is 44.8 Å². The van der Waals surface area contributed by atoms with Gasteiger partial charge in [0.2, 0.25) is 5.91 Å². The summed E-state index contributed by atoms with van der Waals surface area (Å²) in [7, 11) is 1.68. The monoisotopic (exact) mass is 387 g/mol. The molecule has 27 heavy (non-hydrogen) atoms. The Hall–Kier alpha value is -2.24. The first kappa shape index (κ1) is 19.5. The van der Waals surface area contributed by atoms with E-state index in [1.807, 2.05) is 41.3 Å². The summed E-state index contributed by atoms with van der Waals surface area (Å²) in [6.45, 7) is 4.57. The van der Waals surface area contributed by atoms with Gasteiger partial charge in [0.1, 0.15) is 5.75 Å². The largest absolute Gasteiger partial charge is 0.497 e. The summed E-state index contributed by atoms with van der Waals surface area (Å²) in [5, 5.41) is 3.77. The van der Waals surface area contributed by atoms with Gasteiger partial charge in [-0.15, -0.1) is 0 Å². The molecule has 1 aliphatic rings. The van der Waals surface area contributed by atoms with Crippen molar-refractivity contribution in [1.82, 2.24) is 9.80 Å². The van der Waals surface area contributed by atoms with Gasteiger partial charge in [0.15, 0.2) is 0 Å². The molecule has 1 N–H and O–H groups in total. The zero-order chi connectivity index (χ0) is 19.1. The maximum absolute atomic E-state index is 12.6. The van der Waals surface area contributed by atoms with Gasteiger partial charge in [-0.25, -0.2) is 0 Å². The molecule has 0 spiro atoms. The molecule has 0 radical (unpaired) electrons. The van der Waals surface area contributed by atoms with Crippen molar-refractivity contribution >= 4 is 23.2 Å². The predicted molar refractivity (Wildman–Crippen MR) is 109 cm³/mol. The van der Waals surface area contributed by atoms with E-state index < -0.39 is 0 Å². The van der Waals surface area contributed by atoms with E-state index in [-0.39, 0.29) is 12.5 Å². The Morgan fingerprint density at radius 1 is 1.07 bits per heavy atom. The minimum atomic E-state index is 0.112. The van der Waals surface area contributed by atoms with Crippen LogP contribution in [0.25, 0.3) is 0 Å². The molecule has 2 aromatic rings. The SMILES string of the molecule is COc1ccc(CN2CCCN(C(=O)CNc3ccccc3Cl)CC2)cc1. The molecule has 0 saturated carbocycles. The van der Waals surface area contributed by atoms with Crippen LogP contribution < -0.4 is 10.1 Å². The molecule has 5 nitrogen and oxygen atoms in total. The van der Waals surface area contributed by atoms with Gasteiger partial charge in [-0.2, -0.15) is 0 Å². The van der Waals surface area contributed by atoms with E-state index in [2.05, 4.69) is 22.3 Å². The van der Waals surface area contributed by atoms with E-state index in [9.17, 15) is 4.79 Å². The Morgan fingerprint density at radius 3 is 2.59 bits per heavy atom. The number of ether oxygens (including phenoxy) is 1. The van der Waals surface area contributed by atoms with Crippen LogP contribution in [-0.2, 0) is 11.3 Å². The Bertz CT molecular complexity index is 751.